The van der Waals surface area contributed by atoms with Gasteiger partial charge in [-0.3, -0.25) is 33.6 Å². The number of carboxylic acid groups (broad SMARTS) is 1. The van der Waals surface area contributed by atoms with E-state index in [0.717, 1.165) is 23.8 Å². The van der Waals surface area contributed by atoms with E-state index in [9.17, 15) is 53.0 Å². The molecule has 418 valence electrons. The number of carbonyl (C=O) groups excluding carboxylic acids is 7. The van der Waals surface area contributed by atoms with Crippen LogP contribution in [0.4, 0.5) is 13.6 Å². The molecule has 22 heteroatoms. The van der Waals surface area contributed by atoms with Gasteiger partial charge in [0.05, 0.1) is 19.0 Å². The van der Waals surface area contributed by atoms with Crippen molar-refractivity contribution in [1.82, 2.24) is 46.7 Å². The number of benzene rings is 3. The summed E-state index contributed by atoms with van der Waals surface area (Å²) in [6.45, 7) is 12.6. The Morgan fingerprint density at radius 1 is 0.714 bits per heavy atom. The molecule has 20 nitrogen and oxygen atoms in total. The summed E-state index contributed by atoms with van der Waals surface area (Å²) < 4.78 is 36.9. The van der Waals surface area contributed by atoms with Crippen molar-refractivity contribution in [2.45, 2.75) is 111 Å². The maximum absolute atomic E-state index is 15.4. The van der Waals surface area contributed by atoms with Crippen molar-refractivity contribution >= 4 is 47.5 Å². The third kappa shape index (κ3) is 19.7. The molecule has 0 radical (unpaired) electrons. The third-order valence-corrected chi connectivity index (χ3v) is 12.8. The second kappa shape index (κ2) is 29.0. The van der Waals surface area contributed by atoms with Gasteiger partial charge < -0.3 is 61.6 Å². The Kier molecular flexibility index (Phi) is 23.3. The number of nitrogens with zero attached hydrogens (tertiary/aromatic N) is 2. The number of ether oxygens (including phenoxy) is 1. The molecule has 7 amide bonds. The average molecular weight is 1070 g/mol. The molecule has 0 fully saturated rings. The minimum atomic E-state index is -1.83. The smallest absolute Gasteiger partial charge is 0.407 e. The molecule has 0 spiro atoms. The van der Waals surface area contributed by atoms with Crippen LogP contribution in [0.1, 0.15) is 91.1 Å². The fourth-order valence-electron chi connectivity index (χ4n) is 7.96. The molecule has 0 saturated heterocycles. The van der Waals surface area contributed by atoms with E-state index in [-0.39, 0.29) is 74.2 Å². The van der Waals surface area contributed by atoms with Crippen LogP contribution in [0.15, 0.2) is 91.1 Å². The molecule has 1 aromatic heterocycles. The van der Waals surface area contributed by atoms with Crippen LogP contribution in [0.3, 0.4) is 0 Å². The molecule has 0 saturated carbocycles. The first-order chi connectivity index (χ1) is 36.3. The normalized spacial score (nSPS) is 13.0. The van der Waals surface area contributed by atoms with E-state index in [1.807, 2.05) is 78.8 Å². The number of halogens is 2. The molecule has 9 N–H and O–H groups in total. The van der Waals surface area contributed by atoms with E-state index < -0.39 is 102 Å². The molecule has 4 aromatic rings. The van der Waals surface area contributed by atoms with Gasteiger partial charge in [-0.2, -0.15) is 0 Å². The molecule has 0 aliphatic heterocycles. The van der Waals surface area contributed by atoms with E-state index in [2.05, 4.69) is 37.2 Å². The first-order valence-corrected chi connectivity index (χ1v) is 25.2. The Balaban J connectivity index is 1.61. The van der Waals surface area contributed by atoms with Gasteiger partial charge in [-0.15, -0.1) is 0 Å². The number of carboxylic acids is 1. The lowest BCUT2D eigenvalue weighted by Crippen LogP contribution is -2.58. The van der Waals surface area contributed by atoms with Crippen LogP contribution in [-0.2, 0) is 51.5 Å². The monoisotopic (exact) mass is 1070 g/mol. The average Bonchev–Trinajstić information content (AvgIpc) is 3.78. The number of aliphatic hydroxyl groups excluding tert-OH is 1. The van der Waals surface area contributed by atoms with Crippen LogP contribution in [0.25, 0.3) is 11.1 Å². The SMILES string of the molecule is CC(C)C(C)(C)NCC(=O)NCCNC(=O)[C@H](CCN(C(=O)CO)[C@@H](c1cc(-c2cc(F)ccc2F)cn1Cc1ccccc1)C(C)(C)C)NC(=O)[C@H](CC(=O)O)NC(=O)[C@H](C)NC(=O)CNC(=O)OCc1ccccc1. The highest BCUT2D eigenvalue weighted by Crippen LogP contribution is 2.41. The lowest BCUT2D eigenvalue weighted by Gasteiger charge is -2.41. The number of amides is 7. The summed E-state index contributed by atoms with van der Waals surface area (Å²) in [5.74, 6) is -7.67. The molecular formula is C55H73F2N9O11. The number of aromatic nitrogens is 1. The summed E-state index contributed by atoms with van der Waals surface area (Å²) in [6, 6.07) is 16.9. The number of alkyl carbamates (subject to hydrolysis) is 1. The van der Waals surface area contributed by atoms with Gasteiger partial charge in [-0.1, -0.05) is 95.3 Å². The highest BCUT2D eigenvalue weighted by Gasteiger charge is 2.39. The minimum absolute atomic E-state index is 0.0193. The predicted octanol–water partition coefficient (Wildman–Crippen LogP) is 3.91. The zero-order valence-electron chi connectivity index (χ0n) is 44.8. The molecule has 0 bridgehead atoms. The Bertz CT molecular complexity index is 2660. The summed E-state index contributed by atoms with van der Waals surface area (Å²) >= 11 is 0. The number of nitrogens with one attached hydrogen (secondary N) is 7. The number of hydrogen-bond donors (Lipinski definition) is 9. The molecule has 1 heterocycles. The number of aliphatic hydroxyl groups is 1. The number of rotatable bonds is 28. The van der Waals surface area contributed by atoms with Gasteiger partial charge in [-0.25, -0.2) is 13.6 Å². The number of carbonyl (C=O) groups is 8. The van der Waals surface area contributed by atoms with Crippen LogP contribution >= 0.6 is 0 Å². The molecular weight excluding hydrogens is 1000 g/mol. The van der Waals surface area contributed by atoms with Crippen molar-refractivity contribution < 1.29 is 62.1 Å². The van der Waals surface area contributed by atoms with Crippen LogP contribution in [0.5, 0.6) is 0 Å². The Morgan fingerprint density at radius 3 is 1.95 bits per heavy atom. The molecule has 4 atom stereocenters. The molecule has 4 rings (SSSR count). The Hall–Kier alpha value is -7.72. The Morgan fingerprint density at radius 2 is 1.34 bits per heavy atom. The largest absolute Gasteiger partial charge is 0.481 e. The van der Waals surface area contributed by atoms with Crippen LogP contribution in [0, 0.1) is 23.0 Å². The van der Waals surface area contributed by atoms with Crippen molar-refractivity contribution in [2.24, 2.45) is 11.3 Å². The van der Waals surface area contributed by atoms with E-state index in [4.69, 9.17) is 4.74 Å². The van der Waals surface area contributed by atoms with Gasteiger partial charge in [0.25, 0.3) is 0 Å². The predicted molar refractivity (Wildman–Crippen MR) is 282 cm³/mol. The van der Waals surface area contributed by atoms with Crippen LogP contribution in [-0.4, -0.2) is 130 Å². The van der Waals surface area contributed by atoms with Crippen molar-refractivity contribution in [3.05, 3.63) is 120 Å². The first-order valence-electron chi connectivity index (χ1n) is 25.2. The van der Waals surface area contributed by atoms with Crippen LogP contribution < -0.4 is 37.2 Å². The van der Waals surface area contributed by atoms with Crippen molar-refractivity contribution in [1.29, 1.82) is 0 Å². The molecule has 0 aliphatic carbocycles. The third-order valence-electron chi connectivity index (χ3n) is 12.8. The maximum atomic E-state index is 15.4. The van der Waals surface area contributed by atoms with Gasteiger partial charge in [0.1, 0.15) is 49.5 Å². The van der Waals surface area contributed by atoms with Gasteiger partial charge in [0.2, 0.25) is 35.4 Å². The Labute approximate surface area is 447 Å². The number of aliphatic carboxylic acids is 1. The first kappa shape index (κ1) is 61.8. The van der Waals surface area contributed by atoms with E-state index in [1.165, 1.54) is 11.8 Å². The van der Waals surface area contributed by atoms with Crippen molar-refractivity contribution in [2.75, 3.05) is 39.3 Å². The maximum Gasteiger partial charge on any atom is 0.407 e. The standard InChI is InChI=1S/C55H73F2N9O11/c1-34(2)55(7,8)61-29-45(68)58-22-23-59-51(74)42(63-52(75)43(27-48(71)72)64-50(73)35(3)62-46(69)28-60-53(76)77-33-37-17-13-10-14-18-37)21-24-66(47(70)32-67)49(54(4,5)6)44-25-38(40-26-39(56)19-20-41(40)57)31-65(44)30-36-15-11-9-12-16-36/h9-20,25-26,31,34-35,42-43,49,61,67H,21-24,27-30,32-33H2,1-8H3,(H,58,68)(H,59,74)(H,60,76)(H,62,69)(H,63,75)(H,64,73)(H,71,72)/t35-,42-,43-,49-/m0/s1. The summed E-state index contributed by atoms with van der Waals surface area (Å²) in [7, 11) is 0. The van der Waals surface area contributed by atoms with E-state index in [1.54, 1.807) is 47.2 Å². The lowest BCUT2D eigenvalue weighted by molar-refractivity contribution is -0.142. The van der Waals surface area contributed by atoms with E-state index >= 15 is 4.39 Å². The van der Waals surface area contributed by atoms with Crippen molar-refractivity contribution in [3.8, 4) is 11.1 Å². The second-order valence-electron chi connectivity index (χ2n) is 20.5. The quantitative estimate of drug-likeness (QED) is 0.0367. The fourth-order valence-corrected chi connectivity index (χ4v) is 7.96. The summed E-state index contributed by atoms with van der Waals surface area (Å²) in [4.78, 5) is 107. The molecule has 0 unspecified atom stereocenters. The van der Waals surface area contributed by atoms with Crippen molar-refractivity contribution in [3.63, 3.8) is 0 Å². The summed E-state index contributed by atoms with van der Waals surface area (Å²) in [5.41, 5.74) is 0.964. The highest BCUT2D eigenvalue weighted by molar-refractivity contribution is 5.96. The summed E-state index contributed by atoms with van der Waals surface area (Å²) in [6.07, 6.45) is -0.643. The molecule has 0 aliphatic rings. The molecule has 3 aromatic carbocycles. The zero-order valence-corrected chi connectivity index (χ0v) is 44.8. The van der Waals surface area contributed by atoms with Gasteiger partial charge in [0.15, 0.2) is 0 Å². The highest BCUT2D eigenvalue weighted by atomic mass is 19.1. The summed E-state index contributed by atoms with van der Waals surface area (Å²) in [5, 5.41) is 38.3. The fraction of sp³-hybridized carbons (Fsp3) is 0.455. The van der Waals surface area contributed by atoms with Gasteiger partial charge in [-0.05, 0) is 73.9 Å². The van der Waals surface area contributed by atoms with Crippen LogP contribution in [0.2, 0.25) is 0 Å². The minimum Gasteiger partial charge on any atom is -0.481 e. The topological polar surface area (TPSA) is 279 Å². The zero-order chi connectivity index (χ0) is 57.0. The molecule has 77 heavy (non-hydrogen) atoms. The number of hydrogen-bond acceptors (Lipinski definition) is 11. The van der Waals surface area contributed by atoms with E-state index in [0.29, 0.717) is 11.3 Å². The lowest BCUT2D eigenvalue weighted by atomic mass is 9.82. The second-order valence-corrected chi connectivity index (χ2v) is 20.5. The van der Waals surface area contributed by atoms with Gasteiger partial charge >= 0.3 is 12.1 Å². The van der Waals surface area contributed by atoms with Gasteiger partial charge in [0, 0.05) is 54.7 Å².